The zero-order valence-corrected chi connectivity index (χ0v) is 14.4. The smallest absolute Gasteiger partial charge is 0.255 e. The highest BCUT2D eigenvalue weighted by Crippen LogP contribution is 2.37. The summed E-state index contributed by atoms with van der Waals surface area (Å²) in [6.45, 7) is 2.76. The number of phenols is 1. The summed E-state index contributed by atoms with van der Waals surface area (Å²) in [5, 5.41) is 19.9. The fourth-order valence-corrected chi connectivity index (χ4v) is 3.07. The predicted octanol–water partition coefficient (Wildman–Crippen LogP) is 3.41. The van der Waals surface area contributed by atoms with Gasteiger partial charge in [0.25, 0.3) is 5.91 Å². The first kappa shape index (κ1) is 18.1. The molecule has 0 fully saturated rings. The van der Waals surface area contributed by atoms with E-state index in [2.05, 4.69) is 0 Å². The predicted molar refractivity (Wildman–Crippen MR) is 93.2 cm³/mol. The minimum absolute atomic E-state index is 0.0174. The van der Waals surface area contributed by atoms with Gasteiger partial charge < -0.3 is 15.1 Å². The number of nitrogens with zero attached hydrogens (tertiary/aromatic N) is 1. The summed E-state index contributed by atoms with van der Waals surface area (Å²) >= 11 is 0. The van der Waals surface area contributed by atoms with E-state index in [0.717, 1.165) is 18.2 Å². The van der Waals surface area contributed by atoms with Crippen LogP contribution >= 0.6 is 0 Å². The van der Waals surface area contributed by atoms with Gasteiger partial charge in [-0.1, -0.05) is 18.2 Å². The largest absolute Gasteiger partial charge is 0.508 e. The van der Waals surface area contributed by atoms with Crippen molar-refractivity contribution in [1.82, 2.24) is 4.90 Å². The first-order valence-corrected chi connectivity index (χ1v) is 8.15. The molecule has 0 radical (unpaired) electrons. The lowest BCUT2D eigenvalue weighted by molar-refractivity contribution is -0.148. The Morgan fingerprint density at radius 3 is 2.58 bits per heavy atom. The van der Waals surface area contributed by atoms with E-state index >= 15 is 0 Å². The molecule has 2 aromatic rings. The monoisotopic (exact) mass is 359 g/mol. The van der Waals surface area contributed by atoms with Crippen LogP contribution in [0.25, 0.3) is 5.57 Å². The van der Waals surface area contributed by atoms with Crippen LogP contribution in [0.3, 0.4) is 0 Å². The number of hydrogen-bond donors (Lipinski definition) is 2. The van der Waals surface area contributed by atoms with Gasteiger partial charge in [-0.3, -0.25) is 4.79 Å². The molecule has 1 amide bonds. The number of aliphatic hydroxyl groups is 1. The van der Waals surface area contributed by atoms with Crippen molar-refractivity contribution in [3.8, 4) is 5.75 Å². The molecule has 0 saturated heterocycles. The van der Waals surface area contributed by atoms with Gasteiger partial charge in [0.1, 0.15) is 23.0 Å². The molecule has 0 saturated carbocycles. The Kier molecular flexibility index (Phi) is 4.54. The van der Waals surface area contributed by atoms with Crippen LogP contribution in [0.5, 0.6) is 5.75 Å². The lowest BCUT2D eigenvalue weighted by atomic mass is 10.0. The molecule has 1 aliphatic heterocycles. The van der Waals surface area contributed by atoms with Gasteiger partial charge >= 0.3 is 0 Å². The molecule has 0 bridgehead atoms. The average molecular weight is 359 g/mol. The summed E-state index contributed by atoms with van der Waals surface area (Å²) in [5.74, 6) is -1.70. The molecule has 1 heterocycles. The van der Waals surface area contributed by atoms with Crippen LogP contribution < -0.4 is 0 Å². The van der Waals surface area contributed by atoms with Gasteiger partial charge in [0.2, 0.25) is 0 Å². The molecule has 2 aromatic carbocycles. The number of carbonyl (C=O) groups excluding carboxylic acids is 1. The first-order valence-electron chi connectivity index (χ1n) is 8.15. The topological polar surface area (TPSA) is 60.8 Å². The average Bonchev–Trinajstić information content (AvgIpc) is 3.00. The maximum Gasteiger partial charge on any atom is 0.255 e. The second-order valence-electron chi connectivity index (χ2n) is 6.85. The van der Waals surface area contributed by atoms with Gasteiger partial charge in [-0.2, -0.15) is 0 Å². The summed E-state index contributed by atoms with van der Waals surface area (Å²) in [7, 11) is 0. The van der Waals surface area contributed by atoms with Crippen LogP contribution in [0.2, 0.25) is 0 Å². The van der Waals surface area contributed by atoms with Crippen molar-refractivity contribution in [3.63, 3.8) is 0 Å². The minimum atomic E-state index is -1.63. The van der Waals surface area contributed by atoms with Crippen molar-refractivity contribution in [2.45, 2.75) is 25.5 Å². The first-order chi connectivity index (χ1) is 12.2. The lowest BCUT2D eigenvalue weighted by Crippen LogP contribution is -2.45. The van der Waals surface area contributed by atoms with E-state index in [1.54, 1.807) is 18.2 Å². The summed E-state index contributed by atoms with van der Waals surface area (Å²) in [4.78, 5) is 14.1. The normalized spacial score (nSPS) is 17.3. The molecule has 26 heavy (non-hydrogen) atoms. The van der Waals surface area contributed by atoms with Crippen molar-refractivity contribution >= 4 is 11.5 Å². The summed E-state index contributed by atoms with van der Waals surface area (Å²) in [6, 6.07) is 8.88. The minimum Gasteiger partial charge on any atom is -0.508 e. The van der Waals surface area contributed by atoms with Crippen LogP contribution in [0.15, 0.2) is 48.5 Å². The quantitative estimate of drug-likeness (QED) is 0.883. The van der Waals surface area contributed by atoms with Crippen molar-refractivity contribution in [2.75, 3.05) is 6.54 Å². The molecule has 0 unspecified atom stereocenters. The van der Waals surface area contributed by atoms with E-state index in [0.29, 0.717) is 11.1 Å². The molecule has 0 spiro atoms. The summed E-state index contributed by atoms with van der Waals surface area (Å²) in [6.07, 6.45) is 1.65. The Hall–Kier alpha value is -2.73. The fraction of sp³-hybridized carbons (Fsp3) is 0.250. The van der Waals surface area contributed by atoms with E-state index < -0.39 is 29.2 Å². The van der Waals surface area contributed by atoms with Crippen LogP contribution in [-0.2, 0) is 4.79 Å². The zero-order valence-electron chi connectivity index (χ0n) is 14.4. The number of halogens is 2. The molecule has 0 aromatic heterocycles. The molecule has 1 aliphatic rings. The molecule has 136 valence electrons. The highest BCUT2D eigenvalue weighted by molar-refractivity contribution is 5.88. The van der Waals surface area contributed by atoms with Crippen LogP contribution in [0.1, 0.15) is 31.0 Å². The van der Waals surface area contributed by atoms with Crippen molar-refractivity contribution in [3.05, 3.63) is 71.3 Å². The van der Waals surface area contributed by atoms with Crippen molar-refractivity contribution < 1.29 is 23.8 Å². The van der Waals surface area contributed by atoms with Crippen LogP contribution in [0.4, 0.5) is 8.78 Å². The SMILES string of the molecule is CC(C)(O)C(=O)N1CC(c2cc(F)ccc2F)=C[C@H]1c1cccc(O)c1. The maximum absolute atomic E-state index is 14.2. The van der Waals surface area contributed by atoms with Crippen molar-refractivity contribution in [2.24, 2.45) is 0 Å². The number of hydrogen-bond acceptors (Lipinski definition) is 3. The van der Waals surface area contributed by atoms with Gasteiger partial charge in [0.15, 0.2) is 0 Å². The molecular weight excluding hydrogens is 340 g/mol. The van der Waals surface area contributed by atoms with E-state index in [1.165, 1.54) is 30.9 Å². The third-order valence-corrected chi connectivity index (χ3v) is 4.31. The zero-order chi connectivity index (χ0) is 19.1. The number of aromatic hydroxyl groups is 1. The maximum atomic E-state index is 14.2. The highest BCUT2D eigenvalue weighted by Gasteiger charge is 2.38. The number of amides is 1. The molecule has 2 N–H and O–H groups in total. The van der Waals surface area contributed by atoms with E-state index in [1.807, 2.05) is 0 Å². The lowest BCUT2D eigenvalue weighted by Gasteiger charge is -2.30. The third kappa shape index (κ3) is 3.46. The second kappa shape index (κ2) is 6.53. The number of rotatable bonds is 3. The molecule has 0 aliphatic carbocycles. The Morgan fingerprint density at radius 1 is 1.19 bits per heavy atom. The summed E-state index contributed by atoms with van der Waals surface area (Å²) < 4.78 is 27.7. The van der Waals surface area contributed by atoms with Gasteiger partial charge in [-0.15, -0.1) is 0 Å². The Morgan fingerprint density at radius 2 is 1.92 bits per heavy atom. The Bertz CT molecular complexity index is 887. The van der Waals surface area contributed by atoms with Gasteiger partial charge in [0, 0.05) is 12.1 Å². The molecule has 1 atom stereocenters. The highest BCUT2D eigenvalue weighted by atomic mass is 19.1. The van der Waals surface area contributed by atoms with E-state index in [4.69, 9.17) is 0 Å². The Labute approximate surface area is 150 Å². The fourth-order valence-electron chi connectivity index (χ4n) is 3.07. The van der Waals surface area contributed by atoms with Gasteiger partial charge in [0.05, 0.1) is 6.04 Å². The number of carbonyl (C=O) groups is 1. The molecule has 3 rings (SSSR count). The second-order valence-corrected chi connectivity index (χ2v) is 6.85. The standard InChI is InChI=1S/C20H19F2NO3/c1-20(2,26)19(25)23-11-13(16-10-14(21)6-7-17(16)22)9-18(23)12-4-3-5-15(24)8-12/h3-10,18,24,26H,11H2,1-2H3/t18-/m0/s1. The molecule has 4 nitrogen and oxygen atoms in total. The van der Waals surface area contributed by atoms with Gasteiger partial charge in [-0.25, -0.2) is 8.78 Å². The van der Waals surface area contributed by atoms with Crippen LogP contribution in [-0.4, -0.2) is 33.2 Å². The van der Waals surface area contributed by atoms with Gasteiger partial charge in [-0.05, 0) is 55.3 Å². The molecule has 6 heteroatoms. The van der Waals surface area contributed by atoms with E-state index in [9.17, 15) is 23.8 Å². The Balaban J connectivity index is 2.07. The number of benzene rings is 2. The van der Waals surface area contributed by atoms with E-state index in [-0.39, 0.29) is 17.9 Å². The summed E-state index contributed by atoms with van der Waals surface area (Å²) in [5.41, 5.74) is -0.512. The third-order valence-electron chi connectivity index (χ3n) is 4.31. The molecular formula is C20H19F2NO3. The number of phenolic OH excluding ortho intramolecular Hbond substituents is 1. The van der Waals surface area contributed by atoms with Crippen molar-refractivity contribution in [1.29, 1.82) is 0 Å². The van der Waals surface area contributed by atoms with Crippen LogP contribution in [0, 0.1) is 11.6 Å².